The number of nitrogens with zero attached hydrogens (tertiary/aromatic N) is 1. The minimum Gasteiger partial charge on any atom is -0.444 e. The van der Waals surface area contributed by atoms with Gasteiger partial charge in [-0.25, -0.2) is 9.78 Å². The smallest absolute Gasteiger partial charge is 0.408 e. The molecule has 0 aliphatic rings. The van der Waals surface area contributed by atoms with Crippen LogP contribution in [0.5, 0.6) is 0 Å². The first-order valence-corrected chi connectivity index (χ1v) is 7.31. The molecule has 2 rings (SSSR count). The number of carbonyl (C=O) groups excluding carboxylic acids is 1. The van der Waals surface area contributed by atoms with Crippen LogP contribution in [0.2, 0.25) is 5.02 Å². The molecule has 0 spiro atoms. The number of alkyl carbamates (subject to hydrolysis) is 1. The first kappa shape index (κ1) is 15.6. The lowest BCUT2D eigenvalue weighted by atomic mass is 10.2. The lowest BCUT2D eigenvalue weighted by Crippen LogP contribution is -2.35. The van der Waals surface area contributed by atoms with Gasteiger partial charge in [-0.15, -0.1) is 0 Å². The molecule has 1 aromatic heterocycles. The molecule has 1 aromatic carbocycles. The van der Waals surface area contributed by atoms with Gasteiger partial charge in [-0.2, -0.15) is 0 Å². The quantitative estimate of drug-likeness (QED) is 0.893. The summed E-state index contributed by atoms with van der Waals surface area (Å²) in [7, 11) is 0. The molecule has 5 nitrogen and oxygen atoms in total. The highest BCUT2D eigenvalue weighted by Crippen LogP contribution is 2.21. The van der Waals surface area contributed by atoms with E-state index in [9.17, 15) is 4.79 Å². The van der Waals surface area contributed by atoms with Crippen LogP contribution < -0.4 is 5.32 Å². The first-order valence-electron chi connectivity index (χ1n) is 6.93. The third-order valence-electron chi connectivity index (χ3n) is 2.89. The summed E-state index contributed by atoms with van der Waals surface area (Å²) in [5.74, 6) is 0.695. The van der Waals surface area contributed by atoms with Crippen molar-refractivity contribution in [2.75, 3.05) is 0 Å². The monoisotopic (exact) mass is 309 g/mol. The van der Waals surface area contributed by atoms with E-state index in [1.165, 1.54) is 0 Å². The van der Waals surface area contributed by atoms with Crippen molar-refractivity contribution in [2.45, 2.75) is 45.8 Å². The number of carbonyl (C=O) groups is 1. The number of halogens is 1. The van der Waals surface area contributed by atoms with Gasteiger partial charge in [0.1, 0.15) is 11.4 Å². The van der Waals surface area contributed by atoms with E-state index >= 15 is 0 Å². The van der Waals surface area contributed by atoms with E-state index in [4.69, 9.17) is 16.3 Å². The average Bonchev–Trinajstić information content (AvgIpc) is 2.76. The number of rotatable bonds is 3. The number of nitrogens with one attached hydrogen (secondary N) is 2. The highest BCUT2D eigenvalue weighted by atomic mass is 35.5. The molecule has 0 saturated heterocycles. The van der Waals surface area contributed by atoms with Crippen LogP contribution in [0.15, 0.2) is 18.2 Å². The lowest BCUT2D eigenvalue weighted by Gasteiger charge is -2.22. The Morgan fingerprint density at radius 3 is 2.81 bits per heavy atom. The number of fused-ring (bicyclic) bond motifs is 1. The van der Waals surface area contributed by atoms with Gasteiger partial charge in [0.15, 0.2) is 0 Å². The lowest BCUT2D eigenvalue weighted by molar-refractivity contribution is 0.0500. The van der Waals surface area contributed by atoms with Gasteiger partial charge < -0.3 is 15.0 Å². The molecule has 0 fully saturated rings. The summed E-state index contributed by atoms with van der Waals surface area (Å²) in [6.07, 6.45) is 0.250. The molecule has 0 bridgehead atoms. The molecular formula is C15H20ClN3O2. The topological polar surface area (TPSA) is 67.0 Å². The van der Waals surface area contributed by atoms with Crippen LogP contribution in [0.1, 0.15) is 46.0 Å². The zero-order valence-electron chi connectivity index (χ0n) is 12.7. The van der Waals surface area contributed by atoms with Crippen LogP contribution in [-0.2, 0) is 4.74 Å². The van der Waals surface area contributed by atoms with Gasteiger partial charge in [-0.1, -0.05) is 18.5 Å². The van der Waals surface area contributed by atoms with Gasteiger partial charge >= 0.3 is 6.09 Å². The van der Waals surface area contributed by atoms with Crippen LogP contribution in [0.4, 0.5) is 4.79 Å². The zero-order valence-corrected chi connectivity index (χ0v) is 13.4. The Kier molecular flexibility index (Phi) is 4.42. The zero-order chi connectivity index (χ0) is 15.6. The number of ether oxygens (including phenoxy) is 1. The fourth-order valence-corrected chi connectivity index (χ4v) is 2.14. The molecule has 1 heterocycles. The second kappa shape index (κ2) is 5.93. The highest BCUT2D eigenvalue weighted by molar-refractivity contribution is 6.31. The van der Waals surface area contributed by atoms with Crippen molar-refractivity contribution in [3.8, 4) is 0 Å². The molecule has 2 N–H and O–H groups in total. The molecule has 0 aliphatic carbocycles. The number of hydrogen-bond donors (Lipinski definition) is 2. The predicted octanol–water partition coefficient (Wildman–Crippen LogP) is 4.19. The minimum absolute atomic E-state index is 0.231. The van der Waals surface area contributed by atoms with Gasteiger partial charge in [-0.05, 0) is 45.4 Å². The Labute approximate surface area is 129 Å². The van der Waals surface area contributed by atoms with Crippen molar-refractivity contribution in [2.24, 2.45) is 0 Å². The van der Waals surface area contributed by atoms with E-state index in [1.807, 2.05) is 33.8 Å². The Bertz CT molecular complexity index is 646. The fraction of sp³-hybridized carbons (Fsp3) is 0.467. The molecule has 6 heteroatoms. The maximum atomic E-state index is 11.9. The van der Waals surface area contributed by atoms with E-state index in [2.05, 4.69) is 15.3 Å². The number of imidazole rings is 1. The van der Waals surface area contributed by atoms with Crippen LogP contribution in [0.3, 0.4) is 0 Å². The Morgan fingerprint density at radius 2 is 2.19 bits per heavy atom. The van der Waals surface area contributed by atoms with E-state index in [0.717, 1.165) is 11.0 Å². The number of aromatic nitrogens is 2. The number of amides is 1. The summed E-state index contributed by atoms with van der Waals surface area (Å²) in [4.78, 5) is 19.6. The number of aromatic amines is 1. The standard InChI is InChI=1S/C15H20ClN3O2/c1-5-10(19-14(20)21-15(2,3)4)13-17-11-7-6-9(16)8-12(11)18-13/h6-8,10H,5H2,1-4H3,(H,17,18)(H,19,20)/t10-/m0/s1. The van der Waals surface area contributed by atoms with E-state index in [0.29, 0.717) is 17.3 Å². The van der Waals surface area contributed by atoms with Crippen molar-refractivity contribution in [1.29, 1.82) is 0 Å². The summed E-state index contributed by atoms with van der Waals surface area (Å²) in [5, 5.41) is 3.46. The summed E-state index contributed by atoms with van der Waals surface area (Å²) < 4.78 is 5.27. The summed E-state index contributed by atoms with van der Waals surface area (Å²) in [6, 6.07) is 5.23. The van der Waals surface area contributed by atoms with E-state index in [1.54, 1.807) is 12.1 Å². The molecule has 114 valence electrons. The predicted molar refractivity (Wildman–Crippen MR) is 83.5 cm³/mol. The summed E-state index contributed by atoms with van der Waals surface area (Å²) >= 11 is 5.95. The molecule has 21 heavy (non-hydrogen) atoms. The minimum atomic E-state index is -0.524. The number of benzene rings is 1. The third-order valence-corrected chi connectivity index (χ3v) is 3.13. The molecule has 0 radical (unpaired) electrons. The Hall–Kier alpha value is -1.75. The van der Waals surface area contributed by atoms with Gasteiger partial charge in [0.05, 0.1) is 17.1 Å². The molecule has 1 amide bonds. The van der Waals surface area contributed by atoms with Crippen LogP contribution in [-0.4, -0.2) is 21.7 Å². The van der Waals surface area contributed by atoms with Crippen molar-refractivity contribution >= 4 is 28.7 Å². The van der Waals surface area contributed by atoms with Gasteiger partial charge in [-0.3, -0.25) is 0 Å². The van der Waals surface area contributed by atoms with Crippen LogP contribution in [0, 0.1) is 0 Å². The van der Waals surface area contributed by atoms with Gasteiger partial charge in [0.2, 0.25) is 0 Å². The fourth-order valence-electron chi connectivity index (χ4n) is 1.98. The van der Waals surface area contributed by atoms with Crippen molar-refractivity contribution in [3.63, 3.8) is 0 Å². The van der Waals surface area contributed by atoms with Crippen molar-refractivity contribution < 1.29 is 9.53 Å². The molecular weight excluding hydrogens is 290 g/mol. The number of hydrogen-bond acceptors (Lipinski definition) is 3. The number of H-pyrrole nitrogens is 1. The summed E-state index contributed by atoms with van der Waals surface area (Å²) in [6.45, 7) is 7.46. The molecule has 0 unspecified atom stereocenters. The van der Waals surface area contributed by atoms with E-state index < -0.39 is 11.7 Å². The van der Waals surface area contributed by atoms with E-state index in [-0.39, 0.29) is 6.04 Å². The molecule has 1 atom stereocenters. The molecule has 0 saturated carbocycles. The Morgan fingerprint density at radius 1 is 1.48 bits per heavy atom. The first-order chi connectivity index (χ1) is 9.78. The summed E-state index contributed by atoms with van der Waals surface area (Å²) in [5.41, 5.74) is 1.14. The Balaban J connectivity index is 2.17. The molecule has 0 aliphatic heterocycles. The van der Waals surface area contributed by atoms with Gasteiger partial charge in [0, 0.05) is 5.02 Å². The highest BCUT2D eigenvalue weighted by Gasteiger charge is 2.21. The maximum absolute atomic E-state index is 11.9. The van der Waals surface area contributed by atoms with Crippen molar-refractivity contribution in [3.05, 3.63) is 29.0 Å². The molecule has 2 aromatic rings. The second-order valence-corrected chi connectivity index (χ2v) is 6.33. The maximum Gasteiger partial charge on any atom is 0.408 e. The second-order valence-electron chi connectivity index (χ2n) is 5.89. The van der Waals surface area contributed by atoms with Crippen molar-refractivity contribution in [1.82, 2.24) is 15.3 Å². The van der Waals surface area contributed by atoms with Crippen LogP contribution in [0.25, 0.3) is 11.0 Å². The average molecular weight is 310 g/mol. The van der Waals surface area contributed by atoms with Crippen LogP contribution >= 0.6 is 11.6 Å². The van der Waals surface area contributed by atoms with Gasteiger partial charge in [0.25, 0.3) is 0 Å². The largest absolute Gasteiger partial charge is 0.444 e. The SMILES string of the molecule is CC[C@H](NC(=O)OC(C)(C)C)c1nc2cc(Cl)ccc2[nH]1. The third kappa shape index (κ3) is 4.11. The normalized spacial score (nSPS) is 13.2.